The highest BCUT2D eigenvalue weighted by molar-refractivity contribution is 5.31. The third-order valence-electron chi connectivity index (χ3n) is 3.76. The zero-order valence-corrected chi connectivity index (χ0v) is 11.8. The molecule has 1 aromatic rings. The predicted molar refractivity (Wildman–Crippen MR) is 69.6 cm³/mol. The maximum atomic E-state index is 13.1. The molecule has 20 heavy (non-hydrogen) atoms. The van der Waals surface area contributed by atoms with Crippen LogP contribution in [0.25, 0.3) is 0 Å². The van der Waals surface area contributed by atoms with E-state index in [-0.39, 0.29) is 5.56 Å². The number of nitrogens with two attached hydrogens (primary N) is 1. The fourth-order valence-electron chi connectivity index (χ4n) is 2.48. The number of methoxy groups -OCH3 is 1. The standard InChI is InChI=1S/C13H20F3N3O/c1-4-12(5-2,20-3)11(19-17)9-8-18-7-6-10(9)13(14,15)16/h6-8,11,19H,4-5,17H2,1-3H3. The SMILES string of the molecule is CCC(CC)(OC)C(NN)c1cnccc1C(F)(F)F. The van der Waals surface area contributed by atoms with Crippen molar-refractivity contribution in [2.24, 2.45) is 5.84 Å². The first-order valence-electron chi connectivity index (χ1n) is 6.38. The second-order valence-electron chi connectivity index (χ2n) is 4.54. The molecule has 1 unspecified atom stereocenters. The van der Waals surface area contributed by atoms with Crippen molar-refractivity contribution in [2.75, 3.05) is 7.11 Å². The zero-order chi connectivity index (χ0) is 15.4. The normalized spacial score (nSPS) is 14.3. The molecule has 114 valence electrons. The van der Waals surface area contributed by atoms with Gasteiger partial charge in [0, 0.05) is 25.1 Å². The lowest BCUT2D eigenvalue weighted by Crippen LogP contribution is -2.48. The molecule has 0 aliphatic heterocycles. The molecule has 0 saturated heterocycles. The Kier molecular flexibility index (Phi) is 5.50. The minimum absolute atomic E-state index is 0.00644. The lowest BCUT2D eigenvalue weighted by molar-refractivity contribution is -0.139. The molecule has 4 nitrogen and oxygen atoms in total. The molecule has 0 amide bonds. The van der Waals surface area contributed by atoms with Gasteiger partial charge in [-0.3, -0.25) is 10.8 Å². The summed E-state index contributed by atoms with van der Waals surface area (Å²) in [6.45, 7) is 3.70. The van der Waals surface area contributed by atoms with Gasteiger partial charge in [0.05, 0.1) is 17.2 Å². The summed E-state index contributed by atoms with van der Waals surface area (Å²) >= 11 is 0. The van der Waals surface area contributed by atoms with Crippen molar-refractivity contribution in [3.05, 3.63) is 29.6 Å². The summed E-state index contributed by atoms with van der Waals surface area (Å²) in [5, 5.41) is 0. The van der Waals surface area contributed by atoms with Gasteiger partial charge in [0.2, 0.25) is 0 Å². The van der Waals surface area contributed by atoms with Crippen LogP contribution in [0.1, 0.15) is 43.9 Å². The van der Waals surface area contributed by atoms with Crippen molar-refractivity contribution in [1.29, 1.82) is 0 Å². The van der Waals surface area contributed by atoms with E-state index < -0.39 is 23.4 Å². The van der Waals surface area contributed by atoms with Gasteiger partial charge in [-0.15, -0.1) is 0 Å². The fourth-order valence-corrected chi connectivity index (χ4v) is 2.48. The highest BCUT2D eigenvalue weighted by Gasteiger charge is 2.42. The molecule has 1 heterocycles. The largest absolute Gasteiger partial charge is 0.416 e. The maximum absolute atomic E-state index is 13.1. The van der Waals surface area contributed by atoms with Crippen molar-refractivity contribution < 1.29 is 17.9 Å². The quantitative estimate of drug-likeness (QED) is 0.625. The molecule has 0 aromatic carbocycles. The Bertz CT molecular complexity index is 425. The van der Waals surface area contributed by atoms with Crippen LogP contribution >= 0.6 is 0 Å². The number of nitrogens with zero attached hydrogens (tertiary/aromatic N) is 1. The Morgan fingerprint density at radius 3 is 2.35 bits per heavy atom. The Labute approximate surface area is 116 Å². The smallest absolute Gasteiger partial charge is 0.376 e. The highest BCUT2D eigenvalue weighted by Crippen LogP contribution is 2.40. The first-order valence-corrected chi connectivity index (χ1v) is 6.38. The van der Waals surface area contributed by atoms with Crippen LogP contribution in [0.4, 0.5) is 13.2 Å². The fraction of sp³-hybridized carbons (Fsp3) is 0.615. The molecule has 0 aliphatic carbocycles. The predicted octanol–water partition coefficient (Wildman–Crippen LogP) is 2.81. The number of halogens is 3. The van der Waals surface area contributed by atoms with Gasteiger partial charge >= 0.3 is 6.18 Å². The number of ether oxygens (including phenoxy) is 1. The molecule has 0 spiro atoms. The van der Waals surface area contributed by atoms with Crippen LogP contribution in [0.5, 0.6) is 0 Å². The summed E-state index contributed by atoms with van der Waals surface area (Å²) in [6, 6.07) is 0.152. The minimum Gasteiger partial charge on any atom is -0.376 e. The summed E-state index contributed by atoms with van der Waals surface area (Å²) in [6.07, 6.45) is -1.13. The second-order valence-corrected chi connectivity index (χ2v) is 4.54. The van der Waals surface area contributed by atoms with Crippen LogP contribution in [-0.4, -0.2) is 17.7 Å². The van der Waals surface area contributed by atoms with Crippen molar-refractivity contribution in [2.45, 2.75) is 44.5 Å². The molecule has 0 saturated carbocycles. The summed E-state index contributed by atoms with van der Waals surface area (Å²) < 4.78 is 44.8. The van der Waals surface area contributed by atoms with E-state index in [0.717, 1.165) is 12.3 Å². The molecule has 1 rings (SSSR count). The molecule has 0 bridgehead atoms. The summed E-state index contributed by atoms with van der Waals surface area (Å²) in [5.41, 5.74) is 0.880. The summed E-state index contributed by atoms with van der Waals surface area (Å²) in [7, 11) is 1.47. The minimum atomic E-state index is -4.46. The number of hydrazine groups is 1. The van der Waals surface area contributed by atoms with Gasteiger partial charge in [-0.05, 0) is 18.9 Å². The van der Waals surface area contributed by atoms with Crippen LogP contribution in [0.3, 0.4) is 0 Å². The van der Waals surface area contributed by atoms with E-state index in [1.807, 2.05) is 13.8 Å². The van der Waals surface area contributed by atoms with Crippen LogP contribution in [0.2, 0.25) is 0 Å². The number of hydrogen-bond donors (Lipinski definition) is 2. The van der Waals surface area contributed by atoms with Gasteiger partial charge in [-0.2, -0.15) is 13.2 Å². The number of nitrogens with one attached hydrogen (secondary N) is 1. The van der Waals surface area contributed by atoms with Crippen LogP contribution in [0, 0.1) is 0 Å². The van der Waals surface area contributed by atoms with Gasteiger partial charge in [0.1, 0.15) is 0 Å². The molecule has 1 atom stereocenters. The summed E-state index contributed by atoms with van der Waals surface area (Å²) in [5.74, 6) is 5.50. The number of aromatic nitrogens is 1. The van der Waals surface area contributed by atoms with Gasteiger partial charge < -0.3 is 4.74 Å². The van der Waals surface area contributed by atoms with Crippen molar-refractivity contribution in [3.8, 4) is 0 Å². The van der Waals surface area contributed by atoms with Crippen LogP contribution in [-0.2, 0) is 10.9 Å². The number of hydrogen-bond acceptors (Lipinski definition) is 4. The molecule has 3 N–H and O–H groups in total. The third-order valence-corrected chi connectivity index (χ3v) is 3.76. The van der Waals surface area contributed by atoms with Gasteiger partial charge in [-0.25, -0.2) is 5.43 Å². The van der Waals surface area contributed by atoms with E-state index in [0.29, 0.717) is 12.8 Å². The molecule has 1 aromatic heterocycles. The van der Waals surface area contributed by atoms with Crippen molar-refractivity contribution >= 4 is 0 Å². The van der Waals surface area contributed by atoms with Crippen molar-refractivity contribution in [1.82, 2.24) is 10.4 Å². The van der Waals surface area contributed by atoms with Crippen molar-refractivity contribution in [3.63, 3.8) is 0 Å². The van der Waals surface area contributed by atoms with E-state index in [1.54, 1.807) is 0 Å². The van der Waals surface area contributed by atoms with E-state index in [9.17, 15) is 13.2 Å². The van der Waals surface area contributed by atoms with Gasteiger partial charge in [-0.1, -0.05) is 13.8 Å². The van der Waals surface area contributed by atoms with Gasteiger partial charge in [0.15, 0.2) is 0 Å². The van der Waals surface area contributed by atoms with Crippen LogP contribution in [0.15, 0.2) is 18.5 Å². The first kappa shape index (κ1) is 16.9. The number of rotatable bonds is 6. The Hall–Kier alpha value is -1.18. The van der Waals surface area contributed by atoms with Gasteiger partial charge in [0.25, 0.3) is 0 Å². The summed E-state index contributed by atoms with van der Waals surface area (Å²) in [4.78, 5) is 3.79. The van der Waals surface area contributed by atoms with E-state index in [2.05, 4.69) is 10.4 Å². The lowest BCUT2D eigenvalue weighted by Gasteiger charge is -2.39. The highest BCUT2D eigenvalue weighted by atomic mass is 19.4. The average molecular weight is 291 g/mol. The maximum Gasteiger partial charge on any atom is 0.416 e. The Balaban J connectivity index is 3.40. The molecular formula is C13H20F3N3O. The molecule has 0 fully saturated rings. The lowest BCUT2D eigenvalue weighted by atomic mass is 9.83. The molecule has 0 aliphatic rings. The van der Waals surface area contributed by atoms with E-state index >= 15 is 0 Å². The van der Waals surface area contributed by atoms with E-state index in [4.69, 9.17) is 10.6 Å². The third kappa shape index (κ3) is 3.11. The first-order chi connectivity index (χ1) is 9.36. The Morgan fingerprint density at radius 1 is 1.35 bits per heavy atom. The van der Waals surface area contributed by atoms with E-state index in [1.165, 1.54) is 13.3 Å². The molecule has 7 heteroatoms. The Morgan fingerprint density at radius 2 is 1.95 bits per heavy atom. The number of pyridine rings is 1. The molecule has 0 radical (unpaired) electrons. The monoisotopic (exact) mass is 291 g/mol. The zero-order valence-electron chi connectivity index (χ0n) is 11.8. The molecular weight excluding hydrogens is 271 g/mol. The topological polar surface area (TPSA) is 60.2 Å². The number of alkyl halides is 3. The van der Waals surface area contributed by atoms with Crippen LogP contribution < -0.4 is 11.3 Å². The second kappa shape index (κ2) is 6.51. The average Bonchev–Trinajstić information content (AvgIpc) is 2.44.